The summed E-state index contributed by atoms with van der Waals surface area (Å²) in [5, 5.41) is 0. The second-order valence-electron chi connectivity index (χ2n) is 6.32. The van der Waals surface area contributed by atoms with Gasteiger partial charge in [0.25, 0.3) is 0 Å². The minimum Gasteiger partial charge on any atom is -0.479 e. The molecule has 2 aromatic rings. The summed E-state index contributed by atoms with van der Waals surface area (Å²) in [6, 6.07) is 7.25. The Bertz CT molecular complexity index is 803. The monoisotopic (exact) mass is 398 g/mol. The first-order chi connectivity index (χ1) is 12.9. The van der Waals surface area contributed by atoms with Crippen LogP contribution in [0.4, 0.5) is 18.9 Å². The van der Waals surface area contributed by atoms with Crippen molar-refractivity contribution >= 4 is 17.9 Å². The molecule has 0 atom stereocenters. The average molecular weight is 398 g/mol. The van der Waals surface area contributed by atoms with Crippen LogP contribution in [0.3, 0.4) is 0 Å². The predicted octanol–water partition coefficient (Wildman–Crippen LogP) is 3.75. The maximum atomic E-state index is 12.9. The summed E-state index contributed by atoms with van der Waals surface area (Å²) in [6.07, 6.45) is -1.86. The van der Waals surface area contributed by atoms with Crippen LogP contribution in [0.15, 0.2) is 36.5 Å². The summed E-state index contributed by atoms with van der Waals surface area (Å²) in [6.45, 7) is 4.48. The maximum Gasteiger partial charge on any atom is 0.416 e. The molecule has 0 bridgehead atoms. The van der Waals surface area contributed by atoms with Crippen LogP contribution in [-0.4, -0.2) is 54.2 Å². The van der Waals surface area contributed by atoms with Gasteiger partial charge in [0.1, 0.15) is 0 Å². The fourth-order valence-corrected chi connectivity index (χ4v) is 3.18. The van der Waals surface area contributed by atoms with E-state index in [0.29, 0.717) is 36.0 Å². The lowest BCUT2D eigenvalue weighted by molar-refractivity contribution is -0.137. The smallest absolute Gasteiger partial charge is 0.416 e. The van der Waals surface area contributed by atoms with Gasteiger partial charge >= 0.3 is 6.18 Å². The van der Waals surface area contributed by atoms with Gasteiger partial charge in [0, 0.05) is 50.7 Å². The molecule has 5 nitrogen and oxygen atoms in total. The number of aromatic nitrogens is 2. The molecule has 1 fully saturated rings. The van der Waals surface area contributed by atoms with E-state index in [0.717, 1.165) is 32.1 Å². The van der Waals surface area contributed by atoms with Gasteiger partial charge in [0.05, 0.1) is 12.2 Å². The topological polar surface area (TPSA) is 44.4 Å². The number of hydrogen-bond acceptors (Lipinski definition) is 5. The van der Waals surface area contributed by atoms with Gasteiger partial charge in [-0.1, -0.05) is 6.07 Å². The molecule has 1 aromatic heterocycles. The number of H-pyrrole nitrogens is 1. The van der Waals surface area contributed by atoms with E-state index in [1.165, 1.54) is 12.1 Å². The minimum atomic E-state index is -4.31. The van der Waals surface area contributed by atoms with Crippen molar-refractivity contribution in [1.82, 2.24) is 14.9 Å². The minimum absolute atomic E-state index is 0.387. The number of piperazine rings is 1. The number of nitrogens with zero attached hydrogens (tertiary/aromatic N) is 3. The molecule has 1 saturated heterocycles. The molecule has 0 amide bonds. The Hall–Kier alpha value is -2.13. The maximum absolute atomic E-state index is 12.9. The van der Waals surface area contributed by atoms with Crippen LogP contribution < -0.4 is 9.64 Å². The molecule has 0 spiro atoms. The van der Waals surface area contributed by atoms with Crippen molar-refractivity contribution in [3.05, 3.63) is 46.9 Å². The van der Waals surface area contributed by atoms with Crippen molar-refractivity contribution in [1.29, 1.82) is 0 Å². The van der Waals surface area contributed by atoms with E-state index in [-0.39, 0.29) is 0 Å². The van der Waals surface area contributed by atoms with Crippen molar-refractivity contribution in [3.8, 4) is 5.88 Å². The zero-order valence-corrected chi connectivity index (χ0v) is 15.5. The second kappa shape index (κ2) is 8.71. The van der Waals surface area contributed by atoms with Gasteiger partial charge in [-0.2, -0.15) is 13.2 Å². The van der Waals surface area contributed by atoms with Crippen LogP contribution in [0.5, 0.6) is 5.88 Å². The van der Waals surface area contributed by atoms with E-state index in [1.807, 2.05) is 4.90 Å². The third-order valence-corrected chi connectivity index (χ3v) is 4.64. The Labute approximate surface area is 160 Å². The molecule has 1 aromatic carbocycles. The van der Waals surface area contributed by atoms with Crippen LogP contribution >= 0.6 is 12.2 Å². The molecule has 1 aliphatic rings. The highest BCUT2D eigenvalue weighted by Gasteiger charge is 2.31. The summed E-state index contributed by atoms with van der Waals surface area (Å²) < 4.78 is 44.6. The van der Waals surface area contributed by atoms with E-state index >= 15 is 0 Å². The van der Waals surface area contributed by atoms with Gasteiger partial charge in [-0.3, -0.25) is 4.90 Å². The number of hydrogen-bond donors (Lipinski definition) is 1. The first kappa shape index (κ1) is 19.6. The van der Waals surface area contributed by atoms with E-state index in [1.54, 1.807) is 18.3 Å². The van der Waals surface area contributed by atoms with Crippen LogP contribution in [0.25, 0.3) is 0 Å². The standard InChI is InChI=1S/C18H21F3N4OS/c19-18(20,21)14-3-1-4-15(13-14)25-10-8-24(9-11-25)7-2-12-26-16-5-6-22-17(27)23-16/h1,3-6,13H,2,7-12H2,(H,22,23,27). The zero-order valence-electron chi connectivity index (χ0n) is 14.7. The Kier molecular flexibility index (Phi) is 6.33. The molecule has 3 rings (SSSR count). The third kappa shape index (κ3) is 5.67. The number of ether oxygens (including phenoxy) is 1. The molecule has 2 heterocycles. The molecule has 0 aliphatic carbocycles. The largest absolute Gasteiger partial charge is 0.479 e. The molecule has 0 unspecified atom stereocenters. The molecule has 27 heavy (non-hydrogen) atoms. The SMILES string of the molecule is FC(F)(F)c1cccc(N2CCN(CCCOc3ccnc(=S)[nH]3)CC2)c1. The molecule has 9 heteroatoms. The predicted molar refractivity (Wildman–Crippen MR) is 99.6 cm³/mol. The lowest BCUT2D eigenvalue weighted by Gasteiger charge is -2.36. The molecule has 0 saturated carbocycles. The molecule has 146 valence electrons. The second-order valence-corrected chi connectivity index (χ2v) is 6.70. The third-order valence-electron chi connectivity index (χ3n) is 4.43. The molecule has 0 radical (unpaired) electrons. The highest BCUT2D eigenvalue weighted by Crippen LogP contribution is 2.31. The van der Waals surface area contributed by atoms with Crippen molar-refractivity contribution in [3.63, 3.8) is 0 Å². The Balaban J connectivity index is 1.42. The molecule has 1 N–H and O–H groups in total. The summed E-state index contributed by atoms with van der Waals surface area (Å²) in [5.74, 6) is 0.601. The number of rotatable bonds is 6. The number of alkyl halides is 3. The lowest BCUT2D eigenvalue weighted by atomic mass is 10.1. The van der Waals surface area contributed by atoms with Gasteiger partial charge in [-0.05, 0) is 36.8 Å². The van der Waals surface area contributed by atoms with Crippen LogP contribution in [0, 0.1) is 4.77 Å². The normalized spacial score (nSPS) is 15.7. The summed E-state index contributed by atoms with van der Waals surface area (Å²) in [4.78, 5) is 11.1. The quantitative estimate of drug-likeness (QED) is 0.593. The summed E-state index contributed by atoms with van der Waals surface area (Å²) in [7, 11) is 0. The Morgan fingerprint density at radius 2 is 1.93 bits per heavy atom. The van der Waals surface area contributed by atoms with Crippen LogP contribution in [0.1, 0.15) is 12.0 Å². The molecular formula is C18H21F3N4OS. The Morgan fingerprint density at radius 1 is 1.15 bits per heavy atom. The fraction of sp³-hybridized carbons (Fsp3) is 0.444. The average Bonchev–Trinajstić information content (AvgIpc) is 2.65. The summed E-state index contributed by atoms with van der Waals surface area (Å²) >= 11 is 4.94. The van der Waals surface area contributed by atoms with Crippen LogP contribution in [-0.2, 0) is 6.18 Å². The van der Waals surface area contributed by atoms with Gasteiger partial charge in [-0.25, -0.2) is 4.98 Å². The van der Waals surface area contributed by atoms with Gasteiger partial charge < -0.3 is 14.6 Å². The van der Waals surface area contributed by atoms with Gasteiger partial charge in [0.2, 0.25) is 0 Å². The van der Waals surface area contributed by atoms with E-state index in [9.17, 15) is 13.2 Å². The number of nitrogens with one attached hydrogen (secondary N) is 1. The van der Waals surface area contributed by atoms with E-state index < -0.39 is 11.7 Å². The van der Waals surface area contributed by atoms with E-state index in [4.69, 9.17) is 17.0 Å². The van der Waals surface area contributed by atoms with Crippen LogP contribution in [0.2, 0.25) is 0 Å². The fourth-order valence-electron chi connectivity index (χ4n) is 3.02. The Morgan fingerprint density at radius 3 is 2.63 bits per heavy atom. The van der Waals surface area contributed by atoms with Gasteiger partial charge in [0.15, 0.2) is 10.7 Å². The van der Waals surface area contributed by atoms with Gasteiger partial charge in [-0.15, -0.1) is 0 Å². The number of halogens is 3. The zero-order chi connectivity index (χ0) is 19.3. The highest BCUT2D eigenvalue weighted by molar-refractivity contribution is 7.71. The number of anilines is 1. The lowest BCUT2D eigenvalue weighted by Crippen LogP contribution is -2.46. The van der Waals surface area contributed by atoms with Crippen molar-refractivity contribution in [2.75, 3.05) is 44.2 Å². The van der Waals surface area contributed by atoms with Crippen molar-refractivity contribution in [2.24, 2.45) is 0 Å². The summed E-state index contributed by atoms with van der Waals surface area (Å²) in [5.41, 5.74) is 0.0236. The number of benzene rings is 1. The number of aromatic amines is 1. The van der Waals surface area contributed by atoms with E-state index in [2.05, 4.69) is 14.9 Å². The molecule has 1 aliphatic heterocycles. The van der Waals surface area contributed by atoms with Crippen molar-refractivity contribution < 1.29 is 17.9 Å². The van der Waals surface area contributed by atoms with Crippen molar-refractivity contribution in [2.45, 2.75) is 12.6 Å². The molecular weight excluding hydrogens is 377 g/mol. The highest BCUT2D eigenvalue weighted by atomic mass is 32.1. The first-order valence-electron chi connectivity index (χ1n) is 8.74. The first-order valence-corrected chi connectivity index (χ1v) is 9.15.